The van der Waals surface area contributed by atoms with Crippen molar-refractivity contribution in [3.05, 3.63) is 0 Å². The number of nitrogens with two attached hydrogens (primary N) is 1. The summed E-state index contributed by atoms with van der Waals surface area (Å²) in [4.78, 5) is 2.34. The van der Waals surface area contributed by atoms with Crippen LogP contribution in [0, 0.1) is 23.2 Å². The zero-order valence-corrected chi connectivity index (χ0v) is 8.31. The molecule has 2 saturated carbocycles. The van der Waals surface area contributed by atoms with E-state index in [2.05, 4.69) is 11.9 Å². The first-order valence-electron chi connectivity index (χ1n) is 5.16. The van der Waals surface area contributed by atoms with Crippen molar-refractivity contribution in [2.75, 3.05) is 20.2 Å². The van der Waals surface area contributed by atoms with Crippen molar-refractivity contribution < 1.29 is 4.74 Å². The van der Waals surface area contributed by atoms with Gasteiger partial charge in [-0.1, -0.05) is 0 Å². The van der Waals surface area contributed by atoms with E-state index in [0.29, 0.717) is 12.0 Å². The first-order chi connectivity index (χ1) is 6.68. The predicted molar refractivity (Wildman–Crippen MR) is 50.3 cm³/mol. The monoisotopic (exact) mass is 193 g/mol. The molecule has 3 fully saturated rings. The Morgan fingerprint density at radius 3 is 3.21 bits per heavy atom. The third-order valence-electron chi connectivity index (χ3n) is 4.31. The molecule has 1 heterocycles. The third kappa shape index (κ3) is 0.750. The van der Waals surface area contributed by atoms with Crippen LogP contribution in [0.15, 0.2) is 0 Å². The van der Waals surface area contributed by atoms with Gasteiger partial charge in [-0.25, -0.2) is 0 Å². The van der Waals surface area contributed by atoms with Gasteiger partial charge in [0.1, 0.15) is 6.61 Å². The summed E-state index contributed by atoms with van der Waals surface area (Å²) in [5.41, 5.74) is 6.16. The molecule has 0 aromatic carbocycles. The maximum absolute atomic E-state index is 8.49. The molecule has 76 valence electrons. The van der Waals surface area contributed by atoms with E-state index in [9.17, 15) is 0 Å². The fraction of sp³-hybridized carbons (Fsp3) is 0.900. The first-order valence-corrected chi connectivity index (χ1v) is 5.16. The van der Waals surface area contributed by atoms with Gasteiger partial charge in [-0.3, -0.25) is 0 Å². The Balaban J connectivity index is 1.77. The molecule has 1 saturated heterocycles. The molecule has 3 aliphatic rings. The molecule has 1 aliphatic heterocycles. The van der Waals surface area contributed by atoms with Gasteiger partial charge in [0.25, 0.3) is 0 Å². The number of nitrogens with zero attached hydrogens (tertiary/aromatic N) is 2. The molecule has 0 amide bonds. The van der Waals surface area contributed by atoms with E-state index in [1.165, 1.54) is 0 Å². The summed E-state index contributed by atoms with van der Waals surface area (Å²) in [6.07, 6.45) is 1.17. The van der Waals surface area contributed by atoms with Crippen LogP contribution in [0.1, 0.15) is 6.42 Å². The maximum atomic E-state index is 8.49. The van der Waals surface area contributed by atoms with Crippen LogP contribution in [0.3, 0.4) is 0 Å². The van der Waals surface area contributed by atoms with E-state index in [1.807, 2.05) is 6.07 Å². The van der Waals surface area contributed by atoms with E-state index in [4.69, 9.17) is 15.7 Å². The highest BCUT2D eigenvalue weighted by Gasteiger charge is 2.74. The fourth-order valence-corrected chi connectivity index (χ4v) is 3.84. The zero-order chi connectivity index (χ0) is 9.92. The number of hydrogen-bond donors (Lipinski definition) is 1. The summed E-state index contributed by atoms with van der Waals surface area (Å²) in [6, 6.07) is 2.50. The highest BCUT2D eigenvalue weighted by Crippen LogP contribution is 2.62. The number of hydrogen-bond acceptors (Lipinski definition) is 4. The minimum atomic E-state index is -0.100. The Bertz CT molecular complexity index is 313. The van der Waals surface area contributed by atoms with Gasteiger partial charge in [-0.05, 0) is 19.4 Å². The summed E-state index contributed by atoms with van der Waals surface area (Å²) in [5, 5.41) is 8.49. The predicted octanol–water partition coefficient (Wildman–Crippen LogP) is -0.444. The van der Waals surface area contributed by atoms with Crippen LogP contribution in [0.4, 0.5) is 0 Å². The second-order valence-electron chi connectivity index (χ2n) is 4.92. The number of nitriles is 1. The second kappa shape index (κ2) is 2.48. The van der Waals surface area contributed by atoms with Crippen molar-refractivity contribution in [1.82, 2.24) is 4.90 Å². The second-order valence-corrected chi connectivity index (χ2v) is 4.92. The van der Waals surface area contributed by atoms with Crippen LogP contribution < -0.4 is 5.73 Å². The van der Waals surface area contributed by atoms with Gasteiger partial charge >= 0.3 is 0 Å². The molecule has 5 atom stereocenters. The number of ether oxygens (including phenoxy) is 1. The molecule has 14 heavy (non-hydrogen) atoms. The lowest BCUT2D eigenvalue weighted by atomic mass is 9.46. The van der Waals surface area contributed by atoms with Crippen molar-refractivity contribution >= 4 is 0 Å². The Hall–Kier alpha value is -0.630. The van der Waals surface area contributed by atoms with Crippen LogP contribution >= 0.6 is 0 Å². The highest BCUT2D eigenvalue weighted by atomic mass is 16.5. The van der Waals surface area contributed by atoms with Crippen LogP contribution in [0.25, 0.3) is 0 Å². The molecular weight excluding hydrogens is 178 g/mol. The van der Waals surface area contributed by atoms with Gasteiger partial charge in [-0.2, -0.15) is 5.26 Å². The Labute approximate surface area is 83.6 Å². The Kier molecular flexibility index (Phi) is 1.54. The third-order valence-corrected chi connectivity index (χ3v) is 4.31. The van der Waals surface area contributed by atoms with Gasteiger partial charge in [0.05, 0.1) is 12.2 Å². The van der Waals surface area contributed by atoms with Crippen LogP contribution in [-0.4, -0.2) is 42.8 Å². The summed E-state index contributed by atoms with van der Waals surface area (Å²) in [5.74, 6) is 1.42. The number of likely N-dealkylation sites (tertiary alicyclic amines) is 1. The average molecular weight is 193 g/mol. The summed E-state index contributed by atoms with van der Waals surface area (Å²) in [7, 11) is 2.13. The van der Waals surface area contributed by atoms with E-state index in [0.717, 1.165) is 18.9 Å². The Morgan fingerprint density at radius 1 is 1.71 bits per heavy atom. The van der Waals surface area contributed by atoms with Gasteiger partial charge in [0.15, 0.2) is 0 Å². The molecule has 4 nitrogen and oxygen atoms in total. The summed E-state index contributed by atoms with van der Waals surface area (Å²) in [6.45, 7) is 1.33. The van der Waals surface area contributed by atoms with Gasteiger partial charge < -0.3 is 15.4 Å². The smallest absolute Gasteiger partial charge is 0.134 e. The minimum absolute atomic E-state index is 0.0934. The van der Waals surface area contributed by atoms with Crippen LogP contribution in [0.5, 0.6) is 0 Å². The first kappa shape index (κ1) is 8.66. The lowest BCUT2D eigenvalue weighted by Gasteiger charge is -2.65. The largest absolute Gasteiger partial charge is 0.360 e. The molecule has 0 bridgehead atoms. The quantitative estimate of drug-likeness (QED) is 0.645. The van der Waals surface area contributed by atoms with Crippen molar-refractivity contribution in [3.63, 3.8) is 0 Å². The molecular formula is C10H15N3O. The molecule has 2 N–H and O–H groups in total. The van der Waals surface area contributed by atoms with Gasteiger partial charge in [0.2, 0.25) is 0 Å². The molecule has 0 radical (unpaired) electrons. The highest BCUT2D eigenvalue weighted by molar-refractivity contribution is 5.30. The van der Waals surface area contributed by atoms with Crippen molar-refractivity contribution in [2.24, 2.45) is 17.6 Å². The van der Waals surface area contributed by atoms with E-state index >= 15 is 0 Å². The molecule has 4 heteroatoms. The standard InChI is InChI=1S/C10H15N3O/c1-13-5-6-4-10(12)7(6)8(13)9(10)14-3-2-11/h6-9H,3-5,12H2,1H3. The normalized spacial score (nSPS) is 54.4. The minimum Gasteiger partial charge on any atom is -0.360 e. The van der Waals surface area contributed by atoms with Crippen molar-refractivity contribution in [1.29, 1.82) is 5.26 Å². The van der Waals surface area contributed by atoms with E-state index < -0.39 is 0 Å². The maximum Gasteiger partial charge on any atom is 0.134 e. The lowest BCUT2D eigenvalue weighted by molar-refractivity contribution is -0.187. The van der Waals surface area contributed by atoms with Crippen LogP contribution in [0.2, 0.25) is 0 Å². The SMILES string of the molecule is CN1CC2CC3(N)C(OCC#N)C1C23. The molecule has 5 unspecified atom stereocenters. The molecule has 2 aliphatic carbocycles. The van der Waals surface area contributed by atoms with E-state index in [-0.39, 0.29) is 18.2 Å². The molecule has 0 spiro atoms. The topological polar surface area (TPSA) is 62.3 Å². The zero-order valence-electron chi connectivity index (χ0n) is 8.31. The number of rotatable bonds is 2. The summed E-state index contributed by atoms with van der Waals surface area (Å²) < 4.78 is 5.54. The van der Waals surface area contributed by atoms with Crippen molar-refractivity contribution in [3.8, 4) is 6.07 Å². The molecule has 3 rings (SSSR count). The van der Waals surface area contributed by atoms with Gasteiger partial charge in [0, 0.05) is 24.0 Å². The van der Waals surface area contributed by atoms with Gasteiger partial charge in [-0.15, -0.1) is 0 Å². The van der Waals surface area contributed by atoms with Crippen LogP contribution in [-0.2, 0) is 4.74 Å². The number of likely N-dealkylation sites (N-methyl/N-ethyl adjacent to an activating group) is 1. The molecule has 0 aromatic heterocycles. The summed E-state index contributed by atoms with van der Waals surface area (Å²) >= 11 is 0. The van der Waals surface area contributed by atoms with Crippen molar-refractivity contribution in [2.45, 2.75) is 24.1 Å². The lowest BCUT2D eigenvalue weighted by Crippen LogP contribution is -2.82. The average Bonchev–Trinajstić information content (AvgIpc) is 2.31. The molecule has 0 aromatic rings. The van der Waals surface area contributed by atoms with E-state index in [1.54, 1.807) is 0 Å². The Morgan fingerprint density at radius 2 is 2.50 bits per heavy atom. The fourth-order valence-electron chi connectivity index (χ4n) is 3.84.